The maximum Gasteiger partial charge on any atom is 0.203 e. The van der Waals surface area contributed by atoms with Crippen LogP contribution >= 0.6 is 11.3 Å². The van der Waals surface area contributed by atoms with E-state index in [0.29, 0.717) is 5.13 Å². The van der Waals surface area contributed by atoms with Gasteiger partial charge in [0.2, 0.25) is 5.13 Å². The second-order valence-corrected chi connectivity index (χ2v) is 4.34. The lowest BCUT2D eigenvalue weighted by Crippen LogP contribution is -1.96. The molecule has 0 amide bonds. The maximum atomic E-state index is 13.5. The van der Waals surface area contributed by atoms with Crippen molar-refractivity contribution in [1.29, 1.82) is 5.26 Å². The summed E-state index contributed by atoms with van der Waals surface area (Å²) in [4.78, 5) is 4.14. The highest BCUT2D eigenvalue weighted by Gasteiger charge is 2.05. The van der Waals surface area contributed by atoms with E-state index >= 15 is 0 Å². The Kier molecular flexibility index (Phi) is 3.65. The van der Waals surface area contributed by atoms with Gasteiger partial charge in [-0.05, 0) is 19.1 Å². The van der Waals surface area contributed by atoms with E-state index in [1.807, 2.05) is 18.4 Å². The van der Waals surface area contributed by atoms with E-state index in [-0.39, 0.29) is 11.1 Å². The molecular formula is C12H9FN4S. The van der Waals surface area contributed by atoms with Crippen LogP contribution in [0.3, 0.4) is 0 Å². The first-order valence-corrected chi connectivity index (χ1v) is 5.98. The molecule has 18 heavy (non-hydrogen) atoms. The molecule has 1 aromatic carbocycles. The van der Waals surface area contributed by atoms with E-state index in [0.717, 1.165) is 5.69 Å². The Morgan fingerprint density at radius 2 is 2.39 bits per heavy atom. The molecule has 0 aliphatic heterocycles. The number of hydrazone groups is 1. The zero-order valence-corrected chi connectivity index (χ0v) is 10.3. The van der Waals surface area contributed by atoms with Crippen molar-refractivity contribution < 1.29 is 4.39 Å². The summed E-state index contributed by atoms with van der Waals surface area (Å²) in [7, 11) is 0. The highest BCUT2D eigenvalue weighted by molar-refractivity contribution is 7.13. The lowest BCUT2D eigenvalue weighted by atomic mass is 10.1. The Labute approximate surface area is 107 Å². The first-order chi connectivity index (χ1) is 8.70. The van der Waals surface area contributed by atoms with Crippen molar-refractivity contribution in [3.63, 3.8) is 0 Å². The molecule has 2 aromatic rings. The lowest BCUT2D eigenvalue weighted by Gasteiger charge is -1.98. The Bertz CT molecular complexity index is 627. The van der Waals surface area contributed by atoms with Crippen LogP contribution in [-0.4, -0.2) is 11.2 Å². The second-order valence-electron chi connectivity index (χ2n) is 3.48. The van der Waals surface area contributed by atoms with Gasteiger partial charge in [0.25, 0.3) is 0 Å². The van der Waals surface area contributed by atoms with E-state index in [4.69, 9.17) is 5.26 Å². The largest absolute Gasteiger partial charge is 0.253 e. The van der Waals surface area contributed by atoms with Crippen molar-refractivity contribution >= 4 is 22.7 Å². The number of halogens is 1. The fourth-order valence-corrected chi connectivity index (χ4v) is 1.96. The number of rotatable bonds is 3. The third kappa shape index (κ3) is 2.70. The Balaban J connectivity index is 2.17. The molecule has 4 nitrogen and oxygen atoms in total. The van der Waals surface area contributed by atoms with Crippen molar-refractivity contribution in [3.05, 3.63) is 46.2 Å². The van der Waals surface area contributed by atoms with E-state index in [2.05, 4.69) is 15.5 Å². The average Bonchev–Trinajstić information content (AvgIpc) is 2.77. The summed E-state index contributed by atoms with van der Waals surface area (Å²) in [5.41, 5.74) is 4.00. The first kappa shape index (κ1) is 12.2. The van der Waals surface area contributed by atoms with Gasteiger partial charge in [-0.1, -0.05) is 6.07 Å². The number of hydrogen-bond donors (Lipinski definition) is 1. The quantitative estimate of drug-likeness (QED) is 0.681. The van der Waals surface area contributed by atoms with Crippen LogP contribution in [0.2, 0.25) is 0 Å². The average molecular weight is 260 g/mol. The van der Waals surface area contributed by atoms with E-state index < -0.39 is 5.82 Å². The number of aromatic nitrogens is 1. The molecule has 0 aliphatic carbocycles. The van der Waals surface area contributed by atoms with Crippen LogP contribution < -0.4 is 5.43 Å². The molecule has 0 aliphatic rings. The number of hydrogen-bond acceptors (Lipinski definition) is 5. The minimum atomic E-state index is -0.477. The number of thiazole rings is 1. The molecule has 2 rings (SSSR count). The van der Waals surface area contributed by atoms with Crippen LogP contribution in [0.15, 0.2) is 28.7 Å². The molecule has 1 heterocycles. The fourth-order valence-electron chi connectivity index (χ4n) is 1.32. The third-order valence-electron chi connectivity index (χ3n) is 2.15. The molecule has 0 spiro atoms. The van der Waals surface area contributed by atoms with Gasteiger partial charge in [-0.3, -0.25) is 5.43 Å². The molecule has 6 heteroatoms. The SMILES string of the molecule is Cc1csc(NN=Cc2c(F)cccc2C#N)n1. The number of nitrogens with one attached hydrogen (secondary N) is 1. The molecular weight excluding hydrogens is 251 g/mol. The van der Waals surface area contributed by atoms with Gasteiger partial charge < -0.3 is 0 Å². The van der Waals surface area contributed by atoms with Gasteiger partial charge in [-0.25, -0.2) is 9.37 Å². The van der Waals surface area contributed by atoms with Crippen LogP contribution in [-0.2, 0) is 0 Å². The Hall–Kier alpha value is -2.26. The zero-order chi connectivity index (χ0) is 13.0. The summed E-state index contributed by atoms with van der Waals surface area (Å²) in [6.07, 6.45) is 1.28. The molecule has 0 fully saturated rings. The van der Waals surface area contributed by atoms with Crippen LogP contribution in [0.4, 0.5) is 9.52 Å². The number of anilines is 1. The van der Waals surface area contributed by atoms with Crippen LogP contribution in [0, 0.1) is 24.1 Å². The van der Waals surface area contributed by atoms with Gasteiger partial charge in [0.15, 0.2) is 0 Å². The van der Waals surface area contributed by atoms with Crippen molar-refractivity contribution in [2.45, 2.75) is 6.92 Å². The summed E-state index contributed by atoms with van der Waals surface area (Å²) < 4.78 is 13.5. The first-order valence-electron chi connectivity index (χ1n) is 5.10. The normalized spacial score (nSPS) is 10.5. The Morgan fingerprint density at radius 3 is 3.06 bits per heavy atom. The minimum absolute atomic E-state index is 0.167. The second kappa shape index (κ2) is 5.38. The molecule has 90 valence electrons. The minimum Gasteiger partial charge on any atom is -0.253 e. The molecule has 0 saturated carbocycles. The maximum absolute atomic E-state index is 13.5. The summed E-state index contributed by atoms with van der Waals surface area (Å²) >= 11 is 1.40. The predicted octanol–water partition coefficient (Wildman–Crippen LogP) is 2.91. The van der Waals surface area contributed by atoms with Gasteiger partial charge in [-0.2, -0.15) is 10.4 Å². The smallest absolute Gasteiger partial charge is 0.203 e. The van der Waals surface area contributed by atoms with Crippen LogP contribution in [0.1, 0.15) is 16.8 Å². The summed E-state index contributed by atoms with van der Waals surface area (Å²) in [5, 5.41) is 15.2. The molecule has 1 N–H and O–H groups in total. The van der Waals surface area contributed by atoms with Crippen molar-refractivity contribution in [3.8, 4) is 6.07 Å². The van der Waals surface area contributed by atoms with Crippen LogP contribution in [0.25, 0.3) is 0 Å². The van der Waals surface area contributed by atoms with E-state index in [1.54, 1.807) is 0 Å². The molecule has 0 atom stereocenters. The van der Waals surface area contributed by atoms with Gasteiger partial charge in [-0.15, -0.1) is 11.3 Å². The van der Waals surface area contributed by atoms with Crippen molar-refractivity contribution in [2.75, 3.05) is 5.43 Å². The summed E-state index contributed by atoms with van der Waals surface area (Å²) in [5.74, 6) is -0.477. The zero-order valence-electron chi connectivity index (χ0n) is 9.51. The van der Waals surface area contributed by atoms with E-state index in [1.165, 1.54) is 35.8 Å². The molecule has 0 radical (unpaired) electrons. The monoisotopic (exact) mass is 260 g/mol. The standard InChI is InChI=1S/C12H9FN4S/c1-8-7-18-12(16-8)17-15-6-10-9(5-14)3-2-4-11(10)13/h2-4,6-7H,1H3,(H,16,17). The van der Waals surface area contributed by atoms with Gasteiger partial charge in [0, 0.05) is 10.9 Å². The van der Waals surface area contributed by atoms with Crippen molar-refractivity contribution in [1.82, 2.24) is 4.98 Å². The third-order valence-corrected chi connectivity index (χ3v) is 3.01. The van der Waals surface area contributed by atoms with Gasteiger partial charge >= 0.3 is 0 Å². The topological polar surface area (TPSA) is 61.1 Å². The summed E-state index contributed by atoms with van der Waals surface area (Å²) in [6, 6.07) is 6.23. The van der Waals surface area contributed by atoms with Crippen LogP contribution in [0.5, 0.6) is 0 Å². The summed E-state index contributed by atoms with van der Waals surface area (Å²) in [6.45, 7) is 1.87. The predicted molar refractivity (Wildman–Crippen MR) is 69.2 cm³/mol. The fraction of sp³-hybridized carbons (Fsp3) is 0.0833. The number of aryl methyl sites for hydroxylation is 1. The number of nitrogens with zero attached hydrogens (tertiary/aromatic N) is 3. The number of benzene rings is 1. The number of nitriles is 1. The molecule has 0 bridgehead atoms. The van der Waals surface area contributed by atoms with E-state index in [9.17, 15) is 4.39 Å². The highest BCUT2D eigenvalue weighted by atomic mass is 32.1. The van der Waals surface area contributed by atoms with Gasteiger partial charge in [0.1, 0.15) is 5.82 Å². The van der Waals surface area contributed by atoms with Gasteiger partial charge in [0.05, 0.1) is 23.5 Å². The lowest BCUT2D eigenvalue weighted by molar-refractivity contribution is 0.625. The van der Waals surface area contributed by atoms with Crippen molar-refractivity contribution in [2.24, 2.45) is 5.10 Å². The molecule has 0 saturated heterocycles. The molecule has 0 unspecified atom stereocenters. The molecule has 1 aromatic heterocycles. The Morgan fingerprint density at radius 1 is 1.56 bits per heavy atom. The highest BCUT2D eigenvalue weighted by Crippen LogP contribution is 2.14.